The van der Waals surface area contributed by atoms with Crippen molar-refractivity contribution in [1.29, 1.82) is 0 Å². The Morgan fingerprint density at radius 2 is 2.24 bits per heavy atom. The molecule has 0 bridgehead atoms. The quantitative estimate of drug-likeness (QED) is 0.349. The largest absolute Gasteiger partial charge is 0.224 e. The molecule has 0 aromatic heterocycles. The van der Waals surface area contributed by atoms with Crippen LogP contribution in [0, 0.1) is 0 Å². The Morgan fingerprint density at radius 1 is 1.47 bits per heavy atom. The molecule has 0 unspecified atom stereocenters. The van der Waals surface area contributed by atoms with Gasteiger partial charge in [0, 0.05) is 17.7 Å². The molecule has 0 saturated heterocycles. The van der Waals surface area contributed by atoms with Gasteiger partial charge in [-0.3, -0.25) is 0 Å². The average molecular weight is 251 g/mol. The molecule has 0 spiro atoms. The third kappa shape index (κ3) is 4.72. The van der Waals surface area contributed by atoms with Gasteiger partial charge in [-0.05, 0) is 29.6 Å². The van der Waals surface area contributed by atoms with Gasteiger partial charge in [-0.2, -0.15) is 0 Å². The van der Waals surface area contributed by atoms with E-state index in [0.29, 0.717) is 17.9 Å². The van der Waals surface area contributed by atoms with Gasteiger partial charge in [-0.15, -0.1) is 0 Å². The molecule has 0 amide bonds. The third-order valence-electron chi connectivity index (χ3n) is 2.06. The molecule has 6 heteroatoms. The fourth-order valence-electron chi connectivity index (χ4n) is 1.25. The first-order valence-corrected chi connectivity index (χ1v) is 6.90. The number of azide groups is 1. The summed E-state index contributed by atoms with van der Waals surface area (Å²) in [6.07, 6.45) is 5.46. The van der Waals surface area contributed by atoms with Gasteiger partial charge in [-0.1, -0.05) is 29.4 Å². The van der Waals surface area contributed by atoms with Crippen molar-refractivity contribution in [3.63, 3.8) is 0 Å². The minimum absolute atomic E-state index is 0.301. The summed E-state index contributed by atoms with van der Waals surface area (Å²) in [4.78, 5) is 2.94. The van der Waals surface area contributed by atoms with Gasteiger partial charge in [0.05, 0.1) is 4.90 Å². The van der Waals surface area contributed by atoms with Crippen LogP contribution in [0.5, 0.6) is 0 Å². The Bertz CT molecular complexity index is 558. The van der Waals surface area contributed by atoms with Crippen LogP contribution in [0.4, 0.5) is 0 Å². The Hall–Kier alpha value is -1.78. The van der Waals surface area contributed by atoms with Gasteiger partial charge in [0.25, 0.3) is 0 Å². The van der Waals surface area contributed by atoms with Crippen molar-refractivity contribution in [3.05, 3.63) is 46.3 Å². The van der Waals surface area contributed by atoms with Gasteiger partial charge < -0.3 is 0 Å². The molecule has 1 aromatic rings. The lowest BCUT2D eigenvalue weighted by Crippen LogP contribution is -1.96. The minimum Gasteiger partial charge on any atom is -0.224 e. The molecular weight excluding hydrogens is 238 g/mol. The molecule has 90 valence electrons. The summed E-state index contributed by atoms with van der Waals surface area (Å²) in [5.74, 6) is 0. The highest BCUT2D eigenvalue weighted by atomic mass is 32.2. The van der Waals surface area contributed by atoms with E-state index in [4.69, 9.17) is 5.53 Å². The van der Waals surface area contributed by atoms with Crippen LogP contribution in [0.25, 0.3) is 16.5 Å². The van der Waals surface area contributed by atoms with Crippen LogP contribution in [0.2, 0.25) is 0 Å². The first kappa shape index (κ1) is 13.3. The van der Waals surface area contributed by atoms with E-state index in [1.165, 1.54) is 6.26 Å². The summed E-state index contributed by atoms with van der Waals surface area (Å²) in [5.41, 5.74) is 8.89. The lowest BCUT2D eigenvalue weighted by Gasteiger charge is -1.99. The Morgan fingerprint density at radius 3 is 2.88 bits per heavy atom. The molecule has 17 heavy (non-hydrogen) atoms. The standard InChI is InChI=1S/C11H13N3O2S/c1-17(15,16)11-7-4-6-10(9-11)5-2-3-8-13-14-12/h2,4-7,9H,3,8H2,1H3. The van der Waals surface area contributed by atoms with Crippen LogP contribution < -0.4 is 0 Å². The fourth-order valence-corrected chi connectivity index (χ4v) is 1.92. The van der Waals surface area contributed by atoms with Crippen molar-refractivity contribution in [2.45, 2.75) is 11.3 Å². The van der Waals surface area contributed by atoms with Crippen molar-refractivity contribution in [2.75, 3.05) is 12.8 Å². The predicted molar refractivity (Wildman–Crippen MR) is 67.2 cm³/mol. The van der Waals surface area contributed by atoms with Crippen molar-refractivity contribution >= 4 is 15.9 Å². The number of benzene rings is 1. The van der Waals surface area contributed by atoms with E-state index in [1.54, 1.807) is 18.2 Å². The van der Waals surface area contributed by atoms with E-state index >= 15 is 0 Å². The number of nitrogens with zero attached hydrogens (tertiary/aromatic N) is 3. The summed E-state index contributed by atoms with van der Waals surface area (Å²) in [6, 6.07) is 6.69. The van der Waals surface area contributed by atoms with E-state index < -0.39 is 9.84 Å². The lowest BCUT2D eigenvalue weighted by atomic mass is 10.2. The van der Waals surface area contributed by atoms with Crippen LogP contribution >= 0.6 is 0 Å². The van der Waals surface area contributed by atoms with E-state index in [2.05, 4.69) is 10.0 Å². The minimum atomic E-state index is -3.17. The molecule has 0 heterocycles. The van der Waals surface area contributed by atoms with Gasteiger partial charge in [0.2, 0.25) is 0 Å². The Balaban J connectivity index is 2.76. The maximum atomic E-state index is 11.3. The number of hydrogen-bond acceptors (Lipinski definition) is 3. The summed E-state index contributed by atoms with van der Waals surface area (Å²) < 4.78 is 22.6. The van der Waals surface area contributed by atoms with Gasteiger partial charge in [0.1, 0.15) is 0 Å². The molecular formula is C11H13N3O2S. The normalized spacial score (nSPS) is 11.4. The zero-order chi connectivity index (χ0) is 12.7. The second-order valence-electron chi connectivity index (χ2n) is 3.49. The SMILES string of the molecule is CS(=O)(=O)c1cccc(C=CCCN=[N+]=[N-])c1. The molecule has 0 aliphatic heterocycles. The molecule has 0 fully saturated rings. The van der Waals surface area contributed by atoms with E-state index in [-0.39, 0.29) is 0 Å². The van der Waals surface area contributed by atoms with Gasteiger partial charge in [-0.25, -0.2) is 8.42 Å². The fraction of sp³-hybridized carbons (Fsp3) is 0.273. The molecule has 0 aliphatic rings. The first-order chi connectivity index (χ1) is 8.04. The van der Waals surface area contributed by atoms with Crippen molar-refractivity contribution in [2.24, 2.45) is 5.11 Å². The maximum absolute atomic E-state index is 11.3. The second kappa shape index (κ2) is 6.08. The second-order valence-corrected chi connectivity index (χ2v) is 5.51. The van der Waals surface area contributed by atoms with E-state index in [1.807, 2.05) is 18.2 Å². The average Bonchev–Trinajstić information content (AvgIpc) is 2.28. The molecule has 5 nitrogen and oxygen atoms in total. The molecule has 0 atom stereocenters. The smallest absolute Gasteiger partial charge is 0.175 e. The number of hydrogen-bond donors (Lipinski definition) is 0. The van der Waals surface area contributed by atoms with Gasteiger partial charge >= 0.3 is 0 Å². The highest BCUT2D eigenvalue weighted by Gasteiger charge is 2.05. The highest BCUT2D eigenvalue weighted by molar-refractivity contribution is 7.90. The van der Waals surface area contributed by atoms with Gasteiger partial charge in [0.15, 0.2) is 9.84 Å². The van der Waals surface area contributed by atoms with Crippen molar-refractivity contribution in [1.82, 2.24) is 0 Å². The van der Waals surface area contributed by atoms with Crippen molar-refractivity contribution < 1.29 is 8.42 Å². The van der Waals surface area contributed by atoms with Crippen molar-refractivity contribution in [3.8, 4) is 0 Å². The summed E-state index contributed by atoms with van der Waals surface area (Å²) in [7, 11) is -3.17. The topological polar surface area (TPSA) is 82.9 Å². The zero-order valence-corrected chi connectivity index (χ0v) is 10.3. The first-order valence-electron chi connectivity index (χ1n) is 5.01. The highest BCUT2D eigenvalue weighted by Crippen LogP contribution is 2.12. The van der Waals surface area contributed by atoms with Crippen LogP contribution in [-0.4, -0.2) is 21.2 Å². The van der Waals surface area contributed by atoms with Crippen LogP contribution in [0.3, 0.4) is 0 Å². The molecule has 1 rings (SSSR count). The number of rotatable bonds is 5. The summed E-state index contributed by atoms with van der Waals surface area (Å²) >= 11 is 0. The molecule has 0 saturated carbocycles. The zero-order valence-electron chi connectivity index (χ0n) is 9.44. The number of sulfone groups is 1. The molecule has 0 aliphatic carbocycles. The summed E-state index contributed by atoms with van der Waals surface area (Å²) in [6.45, 7) is 0.402. The maximum Gasteiger partial charge on any atom is 0.175 e. The third-order valence-corrected chi connectivity index (χ3v) is 3.17. The van der Waals surface area contributed by atoms with E-state index in [9.17, 15) is 8.42 Å². The molecule has 1 aromatic carbocycles. The Kier molecular flexibility index (Phi) is 4.75. The van der Waals surface area contributed by atoms with Crippen LogP contribution in [-0.2, 0) is 9.84 Å². The molecule has 0 radical (unpaired) electrons. The van der Waals surface area contributed by atoms with Crippen LogP contribution in [0.15, 0.2) is 40.4 Å². The van der Waals surface area contributed by atoms with E-state index in [0.717, 1.165) is 5.56 Å². The lowest BCUT2D eigenvalue weighted by molar-refractivity contribution is 0.602. The predicted octanol–water partition coefficient (Wildman–Crippen LogP) is 2.80. The van der Waals surface area contributed by atoms with Crippen LogP contribution in [0.1, 0.15) is 12.0 Å². The summed E-state index contributed by atoms with van der Waals surface area (Å²) in [5, 5.41) is 3.39. The molecule has 0 N–H and O–H groups in total. The Labute approximate surface area is 100 Å². The monoisotopic (exact) mass is 251 g/mol.